The van der Waals surface area contributed by atoms with E-state index < -0.39 is 17.8 Å². The average Bonchev–Trinajstić information content (AvgIpc) is 3.39. The fourth-order valence-corrected chi connectivity index (χ4v) is 4.93. The van der Waals surface area contributed by atoms with E-state index in [1.807, 2.05) is 18.2 Å². The van der Waals surface area contributed by atoms with Crippen LogP contribution in [0.25, 0.3) is 0 Å². The van der Waals surface area contributed by atoms with Crippen LogP contribution in [-0.4, -0.2) is 31.4 Å². The van der Waals surface area contributed by atoms with Crippen LogP contribution < -0.4 is 10.1 Å². The summed E-state index contributed by atoms with van der Waals surface area (Å²) in [5, 5.41) is 2.69. The lowest BCUT2D eigenvalue weighted by Gasteiger charge is -2.28. The number of methoxy groups -OCH3 is 1. The zero-order valence-corrected chi connectivity index (χ0v) is 16.9. The molecule has 1 N–H and O–H groups in total. The molecule has 0 unspecified atom stereocenters. The number of esters is 1. The average molecular weight is 407 g/mol. The van der Waals surface area contributed by atoms with Crippen LogP contribution in [0.5, 0.6) is 5.75 Å². The first-order valence-electron chi connectivity index (χ1n) is 10.3. The summed E-state index contributed by atoms with van der Waals surface area (Å²) in [5.74, 6) is -0.712. The van der Waals surface area contributed by atoms with Gasteiger partial charge in [0.2, 0.25) is 0 Å². The van der Waals surface area contributed by atoms with Gasteiger partial charge in [0.25, 0.3) is 5.91 Å². The number of hydrogen-bond acceptors (Lipinski definition) is 5. The predicted octanol–water partition coefficient (Wildman–Crippen LogP) is 3.72. The zero-order valence-electron chi connectivity index (χ0n) is 16.9. The van der Waals surface area contributed by atoms with Crippen LogP contribution in [0.3, 0.4) is 0 Å². The fourth-order valence-electron chi connectivity index (χ4n) is 4.93. The minimum absolute atomic E-state index is 0.00517. The number of amides is 1. The maximum absolute atomic E-state index is 13.1. The highest BCUT2D eigenvalue weighted by molar-refractivity contribution is 6.01. The molecular formula is C24H25NO5. The van der Waals surface area contributed by atoms with Gasteiger partial charge in [0.1, 0.15) is 5.75 Å². The molecule has 0 spiro atoms. The smallest absolute Gasteiger partial charge is 0.310 e. The topological polar surface area (TPSA) is 81.7 Å². The number of nitrogens with one attached hydrogen (secondary N) is 1. The molecule has 1 amide bonds. The molecule has 2 aliphatic rings. The second-order valence-corrected chi connectivity index (χ2v) is 8.00. The van der Waals surface area contributed by atoms with Gasteiger partial charge in [-0.05, 0) is 43.2 Å². The largest absolute Gasteiger partial charge is 0.497 e. The third-order valence-corrected chi connectivity index (χ3v) is 6.25. The van der Waals surface area contributed by atoms with Crippen LogP contribution in [0, 0.1) is 23.7 Å². The highest BCUT2D eigenvalue weighted by atomic mass is 16.5. The molecule has 6 nitrogen and oxygen atoms in total. The molecule has 0 heterocycles. The van der Waals surface area contributed by atoms with E-state index in [2.05, 4.69) is 5.32 Å². The molecule has 2 aromatic carbocycles. The van der Waals surface area contributed by atoms with Crippen molar-refractivity contribution in [3.05, 3.63) is 60.2 Å². The van der Waals surface area contributed by atoms with Gasteiger partial charge in [-0.2, -0.15) is 0 Å². The molecule has 0 aliphatic heterocycles. The molecule has 0 saturated heterocycles. The van der Waals surface area contributed by atoms with Gasteiger partial charge in [-0.25, -0.2) is 0 Å². The zero-order chi connectivity index (χ0) is 21.1. The van der Waals surface area contributed by atoms with Crippen molar-refractivity contribution >= 4 is 23.3 Å². The van der Waals surface area contributed by atoms with Gasteiger partial charge in [0.15, 0.2) is 12.4 Å². The van der Waals surface area contributed by atoms with Crippen molar-refractivity contribution < 1.29 is 23.9 Å². The Bertz CT molecular complexity index is 942. The Kier molecular flexibility index (Phi) is 5.84. The van der Waals surface area contributed by atoms with Gasteiger partial charge in [0, 0.05) is 23.2 Å². The van der Waals surface area contributed by atoms with Crippen LogP contribution in [-0.2, 0) is 14.3 Å². The van der Waals surface area contributed by atoms with Crippen molar-refractivity contribution in [3.63, 3.8) is 0 Å². The van der Waals surface area contributed by atoms with E-state index >= 15 is 0 Å². The lowest BCUT2D eigenvalue weighted by Crippen LogP contribution is -2.37. The molecule has 4 rings (SSSR count). The third kappa shape index (κ3) is 4.08. The van der Waals surface area contributed by atoms with Crippen molar-refractivity contribution in [2.45, 2.75) is 19.3 Å². The molecule has 6 heteroatoms. The number of benzene rings is 2. The monoisotopic (exact) mass is 407 g/mol. The van der Waals surface area contributed by atoms with E-state index in [9.17, 15) is 14.4 Å². The predicted molar refractivity (Wildman–Crippen MR) is 111 cm³/mol. The van der Waals surface area contributed by atoms with Gasteiger partial charge in [-0.15, -0.1) is 0 Å². The van der Waals surface area contributed by atoms with Crippen LogP contribution in [0.4, 0.5) is 5.69 Å². The number of fused-ring (bicyclic) bond motifs is 2. The fraction of sp³-hybridized carbons (Fsp3) is 0.375. The Morgan fingerprint density at radius 3 is 2.43 bits per heavy atom. The first-order chi connectivity index (χ1) is 14.6. The number of anilines is 1. The van der Waals surface area contributed by atoms with E-state index in [0.717, 1.165) is 19.3 Å². The van der Waals surface area contributed by atoms with E-state index in [1.165, 1.54) is 0 Å². The SMILES string of the molecule is COc1cccc(NC(=O)COC(=O)[C@H]2[C@@H]3CC[C@@H](C3)[C@@H]2C(=O)c2ccccc2)c1. The Morgan fingerprint density at radius 1 is 0.967 bits per heavy atom. The quantitative estimate of drug-likeness (QED) is 0.559. The Hall–Kier alpha value is -3.15. The van der Waals surface area contributed by atoms with Crippen molar-refractivity contribution in [1.82, 2.24) is 0 Å². The summed E-state index contributed by atoms with van der Waals surface area (Å²) in [4.78, 5) is 38.2. The Labute approximate surface area is 175 Å². The molecule has 2 bridgehead atoms. The number of rotatable bonds is 7. The Balaban J connectivity index is 1.39. The first kappa shape index (κ1) is 20.1. The molecular weight excluding hydrogens is 382 g/mol. The summed E-state index contributed by atoms with van der Waals surface area (Å²) in [6, 6.07) is 16.1. The minimum atomic E-state index is -0.471. The molecule has 0 radical (unpaired) electrons. The van der Waals surface area contributed by atoms with E-state index in [-0.39, 0.29) is 30.1 Å². The van der Waals surface area contributed by atoms with Crippen LogP contribution in [0.1, 0.15) is 29.6 Å². The Morgan fingerprint density at radius 2 is 1.70 bits per heavy atom. The lowest BCUT2D eigenvalue weighted by molar-refractivity contribution is -0.154. The van der Waals surface area contributed by atoms with Crippen LogP contribution in [0.2, 0.25) is 0 Å². The van der Waals surface area contributed by atoms with Crippen molar-refractivity contribution in [2.24, 2.45) is 23.7 Å². The van der Waals surface area contributed by atoms with Crippen molar-refractivity contribution in [1.29, 1.82) is 0 Å². The maximum Gasteiger partial charge on any atom is 0.310 e. The number of hydrogen-bond donors (Lipinski definition) is 1. The second kappa shape index (κ2) is 8.69. The molecule has 2 aromatic rings. The van der Waals surface area contributed by atoms with Gasteiger partial charge < -0.3 is 14.8 Å². The number of ether oxygens (including phenoxy) is 2. The number of Topliss-reactive ketones (excluding diaryl/α,β-unsaturated/α-hetero) is 1. The number of ketones is 1. The summed E-state index contributed by atoms with van der Waals surface area (Å²) in [6.07, 6.45) is 2.77. The summed E-state index contributed by atoms with van der Waals surface area (Å²) < 4.78 is 10.5. The van der Waals surface area contributed by atoms with Crippen LogP contribution >= 0.6 is 0 Å². The van der Waals surface area contributed by atoms with Gasteiger partial charge in [-0.1, -0.05) is 36.4 Å². The first-order valence-corrected chi connectivity index (χ1v) is 10.3. The molecule has 2 saturated carbocycles. The summed E-state index contributed by atoms with van der Waals surface area (Å²) in [5.41, 5.74) is 1.19. The van der Waals surface area contributed by atoms with Gasteiger partial charge >= 0.3 is 5.97 Å². The molecule has 2 fully saturated rings. The lowest BCUT2D eigenvalue weighted by atomic mass is 9.75. The van der Waals surface area contributed by atoms with E-state index in [0.29, 0.717) is 17.0 Å². The highest BCUT2D eigenvalue weighted by Crippen LogP contribution is 2.53. The third-order valence-electron chi connectivity index (χ3n) is 6.25. The maximum atomic E-state index is 13.1. The standard InChI is InChI=1S/C24H25NO5/c1-29-19-9-5-8-18(13-19)25-20(26)14-30-24(28)22-17-11-10-16(12-17)21(22)23(27)15-6-3-2-4-7-15/h2-9,13,16-17,21-22H,10-12,14H2,1H3,(H,25,26)/t16-,17+,21-,22-/m0/s1. The summed E-state index contributed by atoms with van der Waals surface area (Å²) >= 11 is 0. The second-order valence-electron chi connectivity index (χ2n) is 8.00. The van der Waals surface area contributed by atoms with Crippen molar-refractivity contribution in [2.75, 3.05) is 19.0 Å². The molecule has 0 aromatic heterocycles. The molecule has 156 valence electrons. The van der Waals surface area contributed by atoms with E-state index in [4.69, 9.17) is 9.47 Å². The summed E-state index contributed by atoms with van der Waals surface area (Å²) in [7, 11) is 1.55. The number of carbonyl (C=O) groups is 3. The van der Waals surface area contributed by atoms with E-state index in [1.54, 1.807) is 43.5 Å². The van der Waals surface area contributed by atoms with Crippen LogP contribution in [0.15, 0.2) is 54.6 Å². The van der Waals surface area contributed by atoms with Gasteiger partial charge in [-0.3, -0.25) is 14.4 Å². The molecule has 4 atom stereocenters. The van der Waals surface area contributed by atoms with Crippen molar-refractivity contribution in [3.8, 4) is 5.75 Å². The number of carbonyl (C=O) groups excluding carboxylic acids is 3. The minimum Gasteiger partial charge on any atom is -0.497 e. The summed E-state index contributed by atoms with van der Waals surface area (Å²) in [6.45, 7) is -0.379. The highest BCUT2D eigenvalue weighted by Gasteiger charge is 2.54. The molecule has 2 aliphatic carbocycles. The normalized spacial score (nSPS) is 24.3. The molecule has 30 heavy (non-hydrogen) atoms. The van der Waals surface area contributed by atoms with Gasteiger partial charge in [0.05, 0.1) is 13.0 Å².